The second-order valence-electron chi connectivity index (χ2n) is 5.69. The minimum Gasteiger partial charge on any atom is -0.392 e. The highest BCUT2D eigenvalue weighted by atomic mass is 79.9. The molecule has 2 atom stereocenters. The summed E-state index contributed by atoms with van der Waals surface area (Å²) in [5.41, 5.74) is 0.691. The lowest BCUT2D eigenvalue weighted by Crippen LogP contribution is -2.42. The zero-order chi connectivity index (χ0) is 14.9. The standard InChI is InChI=1S/C14H20BrNO3S/c1-10-5-11(2)8-16(7-10)20(18,19)14-4-3-12(9-17)6-13(14)15/h3-4,6,10-11,17H,5,7-9H2,1-2H3. The number of aliphatic hydroxyl groups excluding tert-OH is 1. The smallest absolute Gasteiger partial charge is 0.244 e. The summed E-state index contributed by atoms with van der Waals surface area (Å²) in [5.74, 6) is 0.757. The fourth-order valence-corrected chi connectivity index (χ4v) is 5.56. The van der Waals surface area contributed by atoms with Crippen LogP contribution in [0.1, 0.15) is 25.8 Å². The van der Waals surface area contributed by atoms with E-state index in [2.05, 4.69) is 29.8 Å². The Kier molecular flexibility index (Phi) is 4.89. The summed E-state index contributed by atoms with van der Waals surface area (Å²) in [5, 5.41) is 9.09. The van der Waals surface area contributed by atoms with Gasteiger partial charge in [-0.3, -0.25) is 0 Å². The second-order valence-corrected chi connectivity index (χ2v) is 8.45. The number of benzene rings is 1. The predicted molar refractivity (Wildman–Crippen MR) is 81.8 cm³/mol. The minimum absolute atomic E-state index is 0.100. The lowest BCUT2D eigenvalue weighted by atomic mass is 9.94. The van der Waals surface area contributed by atoms with Gasteiger partial charge in [0.05, 0.1) is 11.5 Å². The van der Waals surface area contributed by atoms with Crippen LogP contribution in [0.5, 0.6) is 0 Å². The van der Waals surface area contributed by atoms with Crippen molar-refractivity contribution in [3.05, 3.63) is 28.2 Å². The quantitative estimate of drug-likeness (QED) is 0.899. The van der Waals surface area contributed by atoms with Crippen molar-refractivity contribution >= 4 is 26.0 Å². The molecule has 1 heterocycles. The topological polar surface area (TPSA) is 57.6 Å². The number of sulfonamides is 1. The number of halogens is 1. The average molecular weight is 362 g/mol. The molecule has 1 fully saturated rings. The molecule has 1 aliphatic heterocycles. The first kappa shape index (κ1) is 15.9. The Balaban J connectivity index is 2.35. The molecule has 0 amide bonds. The lowest BCUT2D eigenvalue weighted by molar-refractivity contribution is 0.222. The van der Waals surface area contributed by atoms with Crippen LogP contribution in [-0.2, 0) is 16.6 Å². The van der Waals surface area contributed by atoms with Gasteiger partial charge in [0, 0.05) is 17.6 Å². The van der Waals surface area contributed by atoms with Gasteiger partial charge in [0.2, 0.25) is 10.0 Å². The molecule has 1 aromatic rings. The Morgan fingerprint density at radius 3 is 2.40 bits per heavy atom. The molecule has 20 heavy (non-hydrogen) atoms. The van der Waals surface area contributed by atoms with Gasteiger partial charge in [0.15, 0.2) is 0 Å². The first-order valence-corrected chi connectivity index (χ1v) is 8.97. The highest BCUT2D eigenvalue weighted by Gasteiger charge is 2.32. The highest BCUT2D eigenvalue weighted by Crippen LogP contribution is 2.30. The normalized spacial score (nSPS) is 24.8. The predicted octanol–water partition coefficient (Wildman–Crippen LogP) is 2.61. The number of nitrogens with zero attached hydrogens (tertiary/aromatic N) is 1. The summed E-state index contributed by atoms with van der Waals surface area (Å²) in [7, 11) is -3.48. The number of piperidine rings is 1. The Hall–Kier alpha value is -0.430. The zero-order valence-electron chi connectivity index (χ0n) is 11.7. The summed E-state index contributed by atoms with van der Waals surface area (Å²) in [6.07, 6.45) is 1.07. The van der Waals surface area contributed by atoms with Crippen molar-refractivity contribution in [3.8, 4) is 0 Å². The molecule has 4 nitrogen and oxygen atoms in total. The van der Waals surface area contributed by atoms with Crippen LogP contribution < -0.4 is 0 Å². The van der Waals surface area contributed by atoms with Crippen molar-refractivity contribution in [1.82, 2.24) is 4.31 Å². The summed E-state index contributed by atoms with van der Waals surface area (Å²) < 4.78 is 27.5. The number of hydrogen-bond acceptors (Lipinski definition) is 3. The molecule has 1 aromatic carbocycles. The SMILES string of the molecule is CC1CC(C)CN(S(=O)(=O)c2ccc(CO)cc2Br)C1. The van der Waals surface area contributed by atoms with Crippen LogP contribution >= 0.6 is 15.9 Å². The van der Waals surface area contributed by atoms with Gasteiger partial charge in [0.1, 0.15) is 0 Å². The van der Waals surface area contributed by atoms with Gasteiger partial charge in [-0.2, -0.15) is 4.31 Å². The Morgan fingerprint density at radius 2 is 1.90 bits per heavy atom. The van der Waals surface area contributed by atoms with Gasteiger partial charge in [-0.25, -0.2) is 8.42 Å². The highest BCUT2D eigenvalue weighted by molar-refractivity contribution is 9.10. The van der Waals surface area contributed by atoms with Crippen LogP contribution in [0.4, 0.5) is 0 Å². The van der Waals surface area contributed by atoms with Crippen molar-refractivity contribution < 1.29 is 13.5 Å². The molecule has 6 heteroatoms. The number of rotatable bonds is 3. The Bertz CT molecular complexity index is 578. The van der Waals surface area contributed by atoms with Crippen LogP contribution in [-0.4, -0.2) is 30.9 Å². The molecule has 2 rings (SSSR count). The van der Waals surface area contributed by atoms with Crippen molar-refractivity contribution in [2.75, 3.05) is 13.1 Å². The molecule has 0 aliphatic carbocycles. The van der Waals surface area contributed by atoms with E-state index in [1.807, 2.05) is 0 Å². The maximum Gasteiger partial charge on any atom is 0.244 e. The molecular weight excluding hydrogens is 342 g/mol. The van der Waals surface area contributed by atoms with Crippen LogP contribution in [0.2, 0.25) is 0 Å². The van der Waals surface area contributed by atoms with Crippen LogP contribution in [0.25, 0.3) is 0 Å². The fourth-order valence-electron chi connectivity index (χ4n) is 2.79. The van der Waals surface area contributed by atoms with Crippen molar-refractivity contribution in [3.63, 3.8) is 0 Å². The van der Waals surface area contributed by atoms with Gasteiger partial charge in [-0.1, -0.05) is 19.9 Å². The maximum absolute atomic E-state index is 12.7. The molecule has 1 aliphatic rings. The van der Waals surface area contributed by atoms with E-state index in [-0.39, 0.29) is 11.5 Å². The largest absolute Gasteiger partial charge is 0.392 e. The van der Waals surface area contributed by atoms with E-state index in [9.17, 15) is 8.42 Å². The number of hydrogen-bond donors (Lipinski definition) is 1. The van der Waals surface area contributed by atoms with Gasteiger partial charge in [-0.05, 0) is 51.9 Å². The maximum atomic E-state index is 12.7. The Morgan fingerprint density at radius 1 is 1.30 bits per heavy atom. The van der Waals surface area contributed by atoms with Crippen LogP contribution in [0.15, 0.2) is 27.6 Å². The molecular formula is C14H20BrNO3S. The summed E-state index contributed by atoms with van der Waals surface area (Å²) in [6.45, 7) is 5.21. The summed E-state index contributed by atoms with van der Waals surface area (Å²) in [4.78, 5) is 0.274. The summed E-state index contributed by atoms with van der Waals surface area (Å²) in [6, 6.07) is 4.87. The van der Waals surface area contributed by atoms with Gasteiger partial charge >= 0.3 is 0 Å². The first-order valence-electron chi connectivity index (χ1n) is 6.74. The monoisotopic (exact) mass is 361 g/mol. The fraction of sp³-hybridized carbons (Fsp3) is 0.571. The zero-order valence-corrected chi connectivity index (χ0v) is 14.1. The minimum atomic E-state index is -3.48. The molecule has 1 saturated heterocycles. The first-order chi connectivity index (χ1) is 9.34. The van der Waals surface area contributed by atoms with Crippen molar-refractivity contribution in [1.29, 1.82) is 0 Å². The Labute approximate surface area is 129 Å². The van der Waals surface area contributed by atoms with Crippen LogP contribution in [0.3, 0.4) is 0 Å². The second kappa shape index (κ2) is 6.13. The van der Waals surface area contributed by atoms with E-state index in [4.69, 9.17) is 5.11 Å². The van der Waals surface area contributed by atoms with E-state index in [1.54, 1.807) is 22.5 Å². The van der Waals surface area contributed by atoms with E-state index >= 15 is 0 Å². The molecule has 0 saturated carbocycles. The third-order valence-electron chi connectivity index (χ3n) is 3.63. The van der Waals surface area contributed by atoms with Crippen molar-refractivity contribution in [2.45, 2.75) is 31.8 Å². The molecule has 0 aromatic heterocycles. The molecule has 0 spiro atoms. The lowest BCUT2D eigenvalue weighted by Gasteiger charge is -2.34. The molecule has 112 valence electrons. The van der Waals surface area contributed by atoms with E-state index < -0.39 is 10.0 Å². The molecule has 2 unspecified atom stereocenters. The molecule has 0 bridgehead atoms. The van der Waals surface area contributed by atoms with Gasteiger partial charge < -0.3 is 5.11 Å². The average Bonchev–Trinajstić information content (AvgIpc) is 2.37. The van der Waals surface area contributed by atoms with E-state index in [0.717, 1.165) is 6.42 Å². The van der Waals surface area contributed by atoms with Gasteiger partial charge in [-0.15, -0.1) is 0 Å². The van der Waals surface area contributed by atoms with Gasteiger partial charge in [0.25, 0.3) is 0 Å². The number of aliphatic hydroxyl groups is 1. The van der Waals surface area contributed by atoms with Crippen molar-refractivity contribution in [2.24, 2.45) is 11.8 Å². The molecule has 0 radical (unpaired) electrons. The summed E-state index contributed by atoms with van der Waals surface area (Å²) >= 11 is 3.30. The molecule has 1 N–H and O–H groups in total. The van der Waals surface area contributed by atoms with E-state index in [1.165, 1.54) is 0 Å². The third-order valence-corrected chi connectivity index (χ3v) is 6.44. The van der Waals surface area contributed by atoms with E-state index in [0.29, 0.717) is 35.0 Å². The van der Waals surface area contributed by atoms with Crippen LogP contribution in [0, 0.1) is 11.8 Å². The third kappa shape index (κ3) is 3.24.